The zero-order chi connectivity index (χ0) is 22.0. The number of tetrazole rings is 1. The monoisotopic (exact) mass is 520 g/mol. The van der Waals surface area contributed by atoms with Crippen molar-refractivity contribution in [1.29, 1.82) is 0 Å². The first kappa shape index (κ1) is 22.1. The molecule has 2 aromatic heterocycles. The van der Waals surface area contributed by atoms with Gasteiger partial charge in [0.2, 0.25) is 5.91 Å². The standard InChI is InChI=1S/C21H22BrClN6OS/c1-12-26-27-28-29(12)16-9-8-14(10-15(16)23)18(20(24)30)19(21-25-11-17(22)31-21)13-6-4-2-3-5-7-13/h8-11,13H,2-7H2,1H3,(H2,24,30). The molecule has 0 atom stereocenters. The number of rotatable bonds is 5. The normalized spacial score (nSPS) is 16.1. The van der Waals surface area contributed by atoms with Gasteiger partial charge in [0.15, 0.2) is 5.82 Å². The van der Waals surface area contributed by atoms with Gasteiger partial charge in [0, 0.05) is 5.57 Å². The van der Waals surface area contributed by atoms with Crippen LogP contribution in [0.1, 0.15) is 54.9 Å². The highest BCUT2D eigenvalue weighted by atomic mass is 79.9. The molecule has 0 unspecified atom stereocenters. The van der Waals surface area contributed by atoms with Crippen molar-refractivity contribution < 1.29 is 4.79 Å². The van der Waals surface area contributed by atoms with Gasteiger partial charge in [0.05, 0.1) is 26.3 Å². The molecular formula is C21H22BrClN6OS. The zero-order valence-corrected chi connectivity index (χ0v) is 20.2. The first-order valence-electron chi connectivity index (χ1n) is 10.2. The van der Waals surface area contributed by atoms with Crippen LogP contribution >= 0.6 is 38.9 Å². The third-order valence-corrected chi connectivity index (χ3v) is 7.39. The fraction of sp³-hybridized carbons (Fsp3) is 0.381. The van der Waals surface area contributed by atoms with E-state index in [0.717, 1.165) is 40.1 Å². The summed E-state index contributed by atoms with van der Waals surface area (Å²) in [4.78, 5) is 17.4. The van der Waals surface area contributed by atoms with Crippen molar-refractivity contribution in [3.05, 3.63) is 49.6 Å². The van der Waals surface area contributed by atoms with E-state index in [1.807, 2.05) is 12.1 Å². The van der Waals surface area contributed by atoms with E-state index in [9.17, 15) is 4.79 Å². The van der Waals surface area contributed by atoms with Gasteiger partial charge in [-0.2, -0.15) is 4.68 Å². The SMILES string of the molecule is Cc1nnnn1-c1ccc(C(C(N)=O)=C(c2ncc(Br)s2)C2CCCCCC2)cc1Cl. The van der Waals surface area contributed by atoms with E-state index in [1.165, 1.54) is 24.2 Å². The maximum Gasteiger partial charge on any atom is 0.249 e. The summed E-state index contributed by atoms with van der Waals surface area (Å²) in [7, 11) is 0. The maximum absolute atomic E-state index is 12.8. The van der Waals surface area contributed by atoms with Crippen LogP contribution in [0, 0.1) is 12.8 Å². The Morgan fingerprint density at radius 3 is 2.55 bits per heavy atom. The Morgan fingerprint density at radius 2 is 2.00 bits per heavy atom. The number of hydrogen-bond acceptors (Lipinski definition) is 6. The smallest absolute Gasteiger partial charge is 0.249 e. The summed E-state index contributed by atoms with van der Waals surface area (Å²) in [6, 6.07) is 5.42. The molecule has 1 aliphatic carbocycles. The van der Waals surface area contributed by atoms with E-state index in [4.69, 9.17) is 17.3 Å². The first-order valence-corrected chi connectivity index (χ1v) is 12.2. The van der Waals surface area contributed by atoms with Crippen molar-refractivity contribution in [1.82, 2.24) is 25.2 Å². The van der Waals surface area contributed by atoms with Crippen molar-refractivity contribution in [2.75, 3.05) is 0 Å². The molecule has 1 saturated carbocycles. The molecule has 1 amide bonds. The van der Waals surface area contributed by atoms with Crippen LogP contribution < -0.4 is 5.73 Å². The number of allylic oxidation sites excluding steroid dienone is 1. The number of aryl methyl sites for hydroxylation is 1. The summed E-state index contributed by atoms with van der Waals surface area (Å²) in [5, 5.41) is 12.8. The van der Waals surface area contributed by atoms with Crippen LogP contribution in [0.2, 0.25) is 5.02 Å². The van der Waals surface area contributed by atoms with E-state index in [-0.39, 0.29) is 5.92 Å². The third-order valence-electron chi connectivity index (χ3n) is 5.58. The number of primary amides is 1. The van der Waals surface area contributed by atoms with E-state index < -0.39 is 5.91 Å². The van der Waals surface area contributed by atoms with Crippen molar-refractivity contribution in [2.45, 2.75) is 45.4 Å². The minimum Gasteiger partial charge on any atom is -0.366 e. The fourth-order valence-electron chi connectivity index (χ4n) is 4.15. The van der Waals surface area contributed by atoms with Gasteiger partial charge in [-0.3, -0.25) is 4.79 Å². The van der Waals surface area contributed by atoms with Gasteiger partial charge in [-0.1, -0.05) is 43.4 Å². The van der Waals surface area contributed by atoms with Crippen molar-refractivity contribution >= 4 is 55.9 Å². The molecule has 162 valence electrons. The quantitative estimate of drug-likeness (QED) is 0.367. The minimum atomic E-state index is -0.479. The molecule has 1 fully saturated rings. The Balaban J connectivity index is 1.88. The summed E-state index contributed by atoms with van der Waals surface area (Å²) >= 11 is 11.6. The van der Waals surface area contributed by atoms with E-state index >= 15 is 0 Å². The second-order valence-electron chi connectivity index (χ2n) is 7.62. The highest BCUT2D eigenvalue weighted by molar-refractivity contribution is 9.11. The maximum atomic E-state index is 12.8. The highest BCUT2D eigenvalue weighted by Crippen LogP contribution is 2.42. The molecule has 10 heteroatoms. The molecule has 0 aliphatic heterocycles. The zero-order valence-electron chi connectivity index (χ0n) is 17.0. The molecule has 7 nitrogen and oxygen atoms in total. The lowest BCUT2D eigenvalue weighted by Crippen LogP contribution is -2.18. The number of aromatic nitrogens is 5. The first-order chi connectivity index (χ1) is 15.0. The van der Waals surface area contributed by atoms with Crippen LogP contribution in [0.3, 0.4) is 0 Å². The van der Waals surface area contributed by atoms with Crippen LogP contribution in [-0.4, -0.2) is 31.1 Å². The van der Waals surface area contributed by atoms with Gasteiger partial charge in [0.25, 0.3) is 0 Å². The lowest BCUT2D eigenvalue weighted by molar-refractivity contribution is -0.112. The predicted octanol–water partition coefficient (Wildman–Crippen LogP) is 5.21. The Kier molecular flexibility index (Phi) is 6.83. The topological polar surface area (TPSA) is 99.6 Å². The molecule has 3 aromatic rings. The molecule has 0 saturated heterocycles. The van der Waals surface area contributed by atoms with E-state index in [2.05, 4.69) is 36.4 Å². The summed E-state index contributed by atoms with van der Waals surface area (Å²) in [6.45, 7) is 1.80. The van der Waals surface area contributed by atoms with Gasteiger partial charge >= 0.3 is 0 Å². The second-order valence-corrected chi connectivity index (χ2v) is 10.4. The summed E-state index contributed by atoms with van der Waals surface area (Å²) in [5.41, 5.74) is 8.68. The average molecular weight is 522 g/mol. The summed E-state index contributed by atoms with van der Waals surface area (Å²) in [5.74, 6) is 0.364. The Hall–Kier alpha value is -2.10. The third kappa shape index (κ3) is 4.73. The molecule has 1 aliphatic rings. The number of hydrogen-bond donors (Lipinski definition) is 1. The molecule has 0 spiro atoms. The predicted molar refractivity (Wildman–Crippen MR) is 126 cm³/mol. The average Bonchev–Trinajstić information content (AvgIpc) is 3.25. The van der Waals surface area contributed by atoms with Gasteiger partial charge in [-0.25, -0.2) is 4.98 Å². The van der Waals surface area contributed by atoms with Gasteiger partial charge < -0.3 is 5.73 Å². The molecular weight excluding hydrogens is 500 g/mol. The van der Waals surface area contributed by atoms with Gasteiger partial charge in [-0.05, 0) is 69.7 Å². The highest BCUT2D eigenvalue weighted by Gasteiger charge is 2.27. The number of halogens is 2. The number of benzene rings is 1. The van der Waals surface area contributed by atoms with E-state index in [1.54, 1.807) is 23.9 Å². The van der Waals surface area contributed by atoms with Crippen LogP contribution in [-0.2, 0) is 4.79 Å². The van der Waals surface area contributed by atoms with Crippen molar-refractivity contribution in [2.24, 2.45) is 11.7 Å². The number of amides is 1. The Bertz CT molecular complexity index is 1130. The van der Waals surface area contributed by atoms with Gasteiger partial charge in [-0.15, -0.1) is 16.4 Å². The number of carbonyl (C=O) groups is 1. The molecule has 0 bridgehead atoms. The number of carbonyl (C=O) groups excluding carboxylic acids is 1. The van der Waals surface area contributed by atoms with Gasteiger partial charge in [0.1, 0.15) is 5.01 Å². The number of nitrogens with zero attached hydrogens (tertiary/aromatic N) is 5. The Morgan fingerprint density at radius 1 is 1.26 bits per heavy atom. The number of nitrogens with two attached hydrogens (primary N) is 1. The lowest BCUT2D eigenvalue weighted by atomic mass is 9.85. The molecule has 2 heterocycles. The van der Waals surface area contributed by atoms with Crippen LogP contribution in [0.5, 0.6) is 0 Å². The lowest BCUT2D eigenvalue weighted by Gasteiger charge is -2.21. The molecule has 0 radical (unpaired) electrons. The molecule has 1 aromatic carbocycles. The fourth-order valence-corrected chi connectivity index (χ4v) is 5.75. The van der Waals surface area contributed by atoms with E-state index in [0.29, 0.717) is 27.7 Å². The van der Waals surface area contributed by atoms with Crippen LogP contribution in [0.25, 0.3) is 16.8 Å². The second kappa shape index (κ2) is 9.58. The summed E-state index contributed by atoms with van der Waals surface area (Å²) in [6.07, 6.45) is 8.48. The molecule has 31 heavy (non-hydrogen) atoms. The van der Waals surface area contributed by atoms with Crippen LogP contribution in [0.4, 0.5) is 0 Å². The Labute approximate surface area is 197 Å². The van der Waals surface area contributed by atoms with Crippen molar-refractivity contribution in [3.63, 3.8) is 0 Å². The van der Waals surface area contributed by atoms with Crippen molar-refractivity contribution in [3.8, 4) is 5.69 Å². The number of thiazole rings is 1. The largest absolute Gasteiger partial charge is 0.366 e. The molecule has 4 rings (SSSR count). The minimum absolute atomic E-state index is 0.225. The summed E-state index contributed by atoms with van der Waals surface area (Å²) < 4.78 is 2.48. The van der Waals surface area contributed by atoms with Crippen LogP contribution in [0.15, 0.2) is 28.2 Å². The molecule has 2 N–H and O–H groups in total.